The average molecular weight is 273 g/mol. The SMILES string of the molecule is Cc1ccc(C)c(C(C)NCCC2CCC(C)CC2)c1. The van der Waals surface area contributed by atoms with Crippen molar-refractivity contribution in [2.45, 2.75) is 65.8 Å². The Labute approximate surface area is 125 Å². The molecule has 0 heterocycles. The van der Waals surface area contributed by atoms with E-state index in [-0.39, 0.29) is 0 Å². The van der Waals surface area contributed by atoms with Gasteiger partial charge in [-0.2, -0.15) is 0 Å². The Bertz CT molecular complexity index is 416. The van der Waals surface area contributed by atoms with Gasteiger partial charge in [-0.15, -0.1) is 0 Å². The van der Waals surface area contributed by atoms with Crippen molar-refractivity contribution in [1.82, 2.24) is 5.32 Å². The van der Waals surface area contributed by atoms with Gasteiger partial charge in [-0.3, -0.25) is 0 Å². The van der Waals surface area contributed by atoms with E-state index in [1.54, 1.807) is 0 Å². The largest absolute Gasteiger partial charge is 0.310 e. The first-order valence-corrected chi connectivity index (χ1v) is 8.36. The molecule has 2 rings (SSSR count). The normalized spacial score (nSPS) is 24.6. The monoisotopic (exact) mass is 273 g/mol. The van der Waals surface area contributed by atoms with Gasteiger partial charge in [-0.05, 0) is 56.7 Å². The van der Waals surface area contributed by atoms with Crippen molar-refractivity contribution in [3.05, 3.63) is 34.9 Å². The number of aryl methyl sites for hydroxylation is 2. The lowest BCUT2D eigenvalue weighted by Crippen LogP contribution is -2.24. The van der Waals surface area contributed by atoms with Crippen LogP contribution in [0.15, 0.2) is 18.2 Å². The fourth-order valence-electron chi connectivity index (χ4n) is 3.46. The van der Waals surface area contributed by atoms with Gasteiger partial charge in [0.05, 0.1) is 0 Å². The Morgan fingerprint density at radius 1 is 1.15 bits per heavy atom. The summed E-state index contributed by atoms with van der Waals surface area (Å²) in [6, 6.07) is 7.24. The van der Waals surface area contributed by atoms with E-state index in [9.17, 15) is 0 Å². The molecule has 0 spiro atoms. The van der Waals surface area contributed by atoms with E-state index in [4.69, 9.17) is 0 Å². The third kappa shape index (κ3) is 4.34. The fourth-order valence-corrected chi connectivity index (χ4v) is 3.46. The predicted molar refractivity (Wildman–Crippen MR) is 88.1 cm³/mol. The van der Waals surface area contributed by atoms with Crippen LogP contribution in [0, 0.1) is 25.7 Å². The molecule has 0 bridgehead atoms. The van der Waals surface area contributed by atoms with Crippen LogP contribution < -0.4 is 5.32 Å². The lowest BCUT2D eigenvalue weighted by atomic mass is 9.81. The van der Waals surface area contributed by atoms with Gasteiger partial charge in [0.15, 0.2) is 0 Å². The van der Waals surface area contributed by atoms with Crippen LogP contribution in [-0.2, 0) is 0 Å². The molecule has 1 heteroatoms. The number of nitrogens with one attached hydrogen (secondary N) is 1. The van der Waals surface area contributed by atoms with E-state index in [0.29, 0.717) is 6.04 Å². The molecular formula is C19H31N. The highest BCUT2D eigenvalue weighted by atomic mass is 14.9. The second-order valence-electron chi connectivity index (χ2n) is 6.95. The van der Waals surface area contributed by atoms with Gasteiger partial charge in [-0.1, -0.05) is 56.4 Å². The lowest BCUT2D eigenvalue weighted by molar-refractivity contribution is 0.273. The smallest absolute Gasteiger partial charge is 0.0294 e. The van der Waals surface area contributed by atoms with Crippen LogP contribution in [0.25, 0.3) is 0 Å². The molecule has 1 unspecified atom stereocenters. The van der Waals surface area contributed by atoms with Crippen molar-refractivity contribution in [2.24, 2.45) is 11.8 Å². The molecule has 0 saturated heterocycles. The molecule has 1 saturated carbocycles. The van der Waals surface area contributed by atoms with Gasteiger partial charge in [0, 0.05) is 6.04 Å². The van der Waals surface area contributed by atoms with E-state index in [1.165, 1.54) is 48.8 Å². The molecule has 0 aliphatic heterocycles. The highest BCUT2D eigenvalue weighted by Gasteiger charge is 2.18. The minimum atomic E-state index is 0.470. The molecule has 1 atom stereocenters. The lowest BCUT2D eigenvalue weighted by Gasteiger charge is -2.27. The van der Waals surface area contributed by atoms with Crippen molar-refractivity contribution in [2.75, 3.05) is 6.54 Å². The summed E-state index contributed by atoms with van der Waals surface area (Å²) in [6.07, 6.45) is 7.12. The van der Waals surface area contributed by atoms with E-state index < -0.39 is 0 Å². The van der Waals surface area contributed by atoms with Crippen LogP contribution in [0.1, 0.15) is 68.7 Å². The molecule has 0 aromatic heterocycles. The quantitative estimate of drug-likeness (QED) is 0.780. The summed E-state index contributed by atoms with van der Waals surface area (Å²) < 4.78 is 0. The van der Waals surface area contributed by atoms with E-state index >= 15 is 0 Å². The molecule has 1 nitrogen and oxygen atoms in total. The summed E-state index contributed by atoms with van der Waals surface area (Å²) >= 11 is 0. The van der Waals surface area contributed by atoms with Gasteiger partial charge in [0.1, 0.15) is 0 Å². The Kier molecular flexibility index (Phi) is 5.65. The molecule has 1 aromatic carbocycles. The zero-order valence-corrected chi connectivity index (χ0v) is 13.7. The van der Waals surface area contributed by atoms with Gasteiger partial charge >= 0.3 is 0 Å². The van der Waals surface area contributed by atoms with Gasteiger partial charge in [-0.25, -0.2) is 0 Å². The summed E-state index contributed by atoms with van der Waals surface area (Å²) in [6.45, 7) is 10.3. The molecular weight excluding hydrogens is 242 g/mol. The van der Waals surface area contributed by atoms with Crippen molar-refractivity contribution in [3.63, 3.8) is 0 Å². The number of rotatable bonds is 5. The van der Waals surface area contributed by atoms with Gasteiger partial charge in [0.2, 0.25) is 0 Å². The van der Waals surface area contributed by atoms with Crippen molar-refractivity contribution < 1.29 is 0 Å². The van der Waals surface area contributed by atoms with Gasteiger partial charge in [0.25, 0.3) is 0 Å². The zero-order valence-electron chi connectivity index (χ0n) is 13.7. The summed E-state index contributed by atoms with van der Waals surface area (Å²) in [5.74, 6) is 1.93. The maximum Gasteiger partial charge on any atom is 0.0294 e. The predicted octanol–water partition coefficient (Wildman–Crippen LogP) is 5.17. The number of benzene rings is 1. The second kappa shape index (κ2) is 7.26. The summed E-state index contributed by atoms with van der Waals surface area (Å²) in [4.78, 5) is 0. The Hall–Kier alpha value is -0.820. The second-order valence-corrected chi connectivity index (χ2v) is 6.95. The van der Waals surface area contributed by atoms with Crippen LogP contribution in [0.2, 0.25) is 0 Å². The molecule has 112 valence electrons. The average Bonchev–Trinajstić information content (AvgIpc) is 2.43. The Morgan fingerprint density at radius 3 is 2.55 bits per heavy atom. The first-order chi connectivity index (χ1) is 9.56. The highest BCUT2D eigenvalue weighted by Crippen LogP contribution is 2.30. The Balaban J connectivity index is 1.77. The molecule has 1 aliphatic rings. The topological polar surface area (TPSA) is 12.0 Å². The zero-order chi connectivity index (χ0) is 14.5. The van der Waals surface area contributed by atoms with Crippen LogP contribution >= 0.6 is 0 Å². The number of hydrogen-bond acceptors (Lipinski definition) is 1. The van der Waals surface area contributed by atoms with E-state index in [2.05, 4.69) is 51.2 Å². The highest BCUT2D eigenvalue weighted by molar-refractivity contribution is 5.32. The van der Waals surface area contributed by atoms with Crippen molar-refractivity contribution in [3.8, 4) is 0 Å². The first kappa shape index (κ1) is 15.6. The van der Waals surface area contributed by atoms with E-state index in [0.717, 1.165) is 18.4 Å². The van der Waals surface area contributed by atoms with Crippen LogP contribution in [-0.4, -0.2) is 6.54 Å². The maximum atomic E-state index is 3.73. The van der Waals surface area contributed by atoms with Crippen LogP contribution in [0.3, 0.4) is 0 Å². The molecule has 1 N–H and O–H groups in total. The summed E-state index contributed by atoms with van der Waals surface area (Å²) in [7, 11) is 0. The molecule has 0 radical (unpaired) electrons. The standard InChI is InChI=1S/C19H31N/c1-14-6-9-18(10-7-14)11-12-20-17(4)19-13-15(2)5-8-16(19)3/h5,8,13-14,17-18,20H,6-7,9-12H2,1-4H3. The van der Waals surface area contributed by atoms with Crippen molar-refractivity contribution >= 4 is 0 Å². The van der Waals surface area contributed by atoms with Crippen molar-refractivity contribution in [1.29, 1.82) is 0 Å². The fraction of sp³-hybridized carbons (Fsp3) is 0.684. The van der Waals surface area contributed by atoms with Crippen LogP contribution in [0.4, 0.5) is 0 Å². The maximum absolute atomic E-state index is 3.73. The molecule has 1 aliphatic carbocycles. The summed E-state index contributed by atoms with van der Waals surface area (Å²) in [5, 5.41) is 3.73. The Morgan fingerprint density at radius 2 is 1.85 bits per heavy atom. The molecule has 0 amide bonds. The molecule has 20 heavy (non-hydrogen) atoms. The minimum absolute atomic E-state index is 0.470. The third-order valence-electron chi connectivity index (χ3n) is 5.04. The molecule has 1 fully saturated rings. The minimum Gasteiger partial charge on any atom is -0.310 e. The van der Waals surface area contributed by atoms with Crippen LogP contribution in [0.5, 0.6) is 0 Å². The summed E-state index contributed by atoms with van der Waals surface area (Å²) in [5.41, 5.74) is 4.23. The van der Waals surface area contributed by atoms with Gasteiger partial charge < -0.3 is 5.32 Å². The number of hydrogen-bond donors (Lipinski definition) is 1. The van der Waals surface area contributed by atoms with E-state index in [1.807, 2.05) is 0 Å². The molecule has 1 aromatic rings. The third-order valence-corrected chi connectivity index (χ3v) is 5.04. The first-order valence-electron chi connectivity index (χ1n) is 8.36.